The third-order valence-electron chi connectivity index (χ3n) is 5.44. The highest BCUT2D eigenvalue weighted by atomic mass is 32.1. The van der Waals surface area contributed by atoms with Crippen LogP contribution in [0.25, 0.3) is 0 Å². The average molecular weight is 453 g/mol. The molecule has 0 radical (unpaired) electrons. The van der Waals surface area contributed by atoms with E-state index in [0.717, 1.165) is 22.7 Å². The molecular formula is C23H24N4O4S. The minimum Gasteiger partial charge on any atom is -0.493 e. The molecule has 1 atom stereocenters. The van der Waals surface area contributed by atoms with Crippen LogP contribution in [0.1, 0.15) is 40.2 Å². The predicted octanol–water partition coefficient (Wildman–Crippen LogP) is 3.89. The Morgan fingerprint density at radius 3 is 2.69 bits per heavy atom. The van der Waals surface area contributed by atoms with Crippen LogP contribution in [0.4, 0.5) is 10.8 Å². The van der Waals surface area contributed by atoms with E-state index in [9.17, 15) is 9.59 Å². The number of ether oxygens (including phenoxy) is 2. The van der Waals surface area contributed by atoms with E-state index in [4.69, 9.17) is 9.47 Å². The Balaban J connectivity index is 1.46. The molecule has 32 heavy (non-hydrogen) atoms. The number of methoxy groups -OCH3 is 2. The summed E-state index contributed by atoms with van der Waals surface area (Å²) < 4.78 is 10.5. The minimum absolute atomic E-state index is 0.0587. The van der Waals surface area contributed by atoms with Crippen molar-refractivity contribution in [2.24, 2.45) is 0 Å². The van der Waals surface area contributed by atoms with Gasteiger partial charge in [-0.3, -0.25) is 14.9 Å². The number of amides is 2. The number of hydrogen-bond donors (Lipinski definition) is 1. The van der Waals surface area contributed by atoms with Gasteiger partial charge in [-0.1, -0.05) is 36.5 Å². The molecule has 1 fully saturated rings. The van der Waals surface area contributed by atoms with Gasteiger partial charge in [0, 0.05) is 30.1 Å². The first-order valence-electron chi connectivity index (χ1n) is 10.3. The molecule has 0 aliphatic carbocycles. The average Bonchev–Trinajstić information content (AvgIpc) is 3.44. The molecule has 166 valence electrons. The van der Waals surface area contributed by atoms with Gasteiger partial charge in [0.2, 0.25) is 11.0 Å². The maximum absolute atomic E-state index is 12.7. The first-order valence-corrected chi connectivity index (χ1v) is 11.1. The highest BCUT2D eigenvalue weighted by molar-refractivity contribution is 7.15. The predicted molar refractivity (Wildman–Crippen MR) is 123 cm³/mol. The third-order valence-corrected chi connectivity index (χ3v) is 6.45. The lowest BCUT2D eigenvalue weighted by molar-refractivity contribution is -0.117. The third kappa shape index (κ3) is 4.29. The van der Waals surface area contributed by atoms with Gasteiger partial charge in [-0.05, 0) is 36.2 Å². The highest BCUT2D eigenvalue weighted by Gasteiger charge is 2.34. The number of benzene rings is 2. The standard InChI is InChI=1S/C23H24N4O4S/c1-4-14-7-5-6-8-17(14)27-13-16(12-20(27)28)22-25-26-23(32-22)24-21(29)15-9-10-18(30-2)19(11-15)31-3/h5-11,16H,4,12-13H2,1-3H3,(H,24,26,29)/t16-/m1/s1. The van der Waals surface area contributed by atoms with Gasteiger partial charge < -0.3 is 14.4 Å². The minimum atomic E-state index is -0.324. The Labute approximate surface area is 190 Å². The number of nitrogens with one attached hydrogen (secondary N) is 1. The lowest BCUT2D eigenvalue weighted by Gasteiger charge is -2.19. The molecule has 9 heteroatoms. The molecule has 3 aromatic rings. The van der Waals surface area contributed by atoms with Gasteiger partial charge in [-0.2, -0.15) is 0 Å². The molecule has 2 heterocycles. The first-order chi connectivity index (χ1) is 15.5. The topological polar surface area (TPSA) is 93.7 Å². The number of rotatable bonds is 7. The fourth-order valence-electron chi connectivity index (χ4n) is 3.78. The zero-order chi connectivity index (χ0) is 22.7. The van der Waals surface area contributed by atoms with Crippen molar-refractivity contribution in [2.75, 3.05) is 31.0 Å². The van der Waals surface area contributed by atoms with Crippen LogP contribution in [0.2, 0.25) is 0 Å². The van der Waals surface area contributed by atoms with Crippen molar-refractivity contribution in [3.05, 3.63) is 58.6 Å². The van der Waals surface area contributed by atoms with Gasteiger partial charge in [0.15, 0.2) is 11.5 Å². The Morgan fingerprint density at radius 2 is 1.94 bits per heavy atom. The van der Waals surface area contributed by atoms with Gasteiger partial charge >= 0.3 is 0 Å². The Kier molecular flexibility index (Phi) is 6.36. The maximum Gasteiger partial charge on any atom is 0.257 e. The van der Waals surface area contributed by atoms with Crippen molar-refractivity contribution in [1.29, 1.82) is 0 Å². The summed E-state index contributed by atoms with van der Waals surface area (Å²) in [6.45, 7) is 2.63. The largest absolute Gasteiger partial charge is 0.493 e. The second kappa shape index (κ2) is 9.35. The number of aromatic nitrogens is 2. The lowest BCUT2D eigenvalue weighted by Crippen LogP contribution is -2.25. The number of para-hydroxylation sites is 1. The SMILES string of the molecule is CCc1ccccc1N1C[C@H](c2nnc(NC(=O)c3ccc(OC)c(OC)c3)s2)CC1=O. The van der Waals surface area contributed by atoms with Crippen LogP contribution < -0.4 is 19.7 Å². The van der Waals surface area contributed by atoms with E-state index in [2.05, 4.69) is 22.4 Å². The summed E-state index contributed by atoms with van der Waals surface area (Å²) in [5.74, 6) is 0.700. The van der Waals surface area contributed by atoms with Crippen LogP contribution in [-0.4, -0.2) is 42.8 Å². The van der Waals surface area contributed by atoms with Crippen molar-refractivity contribution >= 4 is 34.0 Å². The van der Waals surface area contributed by atoms with Gasteiger partial charge in [0.05, 0.1) is 14.2 Å². The fraction of sp³-hybridized carbons (Fsp3) is 0.304. The number of carbonyl (C=O) groups excluding carboxylic acids is 2. The Hall–Kier alpha value is -3.46. The number of aryl methyl sites for hydroxylation is 1. The zero-order valence-corrected chi connectivity index (χ0v) is 18.9. The molecule has 0 spiro atoms. The van der Waals surface area contributed by atoms with E-state index >= 15 is 0 Å². The molecule has 0 bridgehead atoms. The van der Waals surface area contributed by atoms with Gasteiger partial charge in [0.1, 0.15) is 5.01 Å². The van der Waals surface area contributed by atoms with E-state index in [1.165, 1.54) is 25.6 Å². The second-order valence-electron chi connectivity index (χ2n) is 7.36. The summed E-state index contributed by atoms with van der Waals surface area (Å²) in [4.78, 5) is 27.2. The van der Waals surface area contributed by atoms with Crippen molar-refractivity contribution in [1.82, 2.24) is 10.2 Å². The maximum atomic E-state index is 12.7. The molecule has 1 N–H and O–H groups in total. The summed E-state index contributed by atoms with van der Waals surface area (Å²) in [6.07, 6.45) is 1.23. The van der Waals surface area contributed by atoms with Crippen LogP contribution in [0, 0.1) is 0 Å². The van der Waals surface area contributed by atoms with Gasteiger partial charge in [-0.15, -0.1) is 10.2 Å². The van der Waals surface area contributed by atoms with E-state index in [0.29, 0.717) is 35.2 Å². The fourth-order valence-corrected chi connectivity index (χ4v) is 4.61. The second-order valence-corrected chi connectivity index (χ2v) is 8.37. The van der Waals surface area contributed by atoms with Crippen LogP contribution >= 0.6 is 11.3 Å². The lowest BCUT2D eigenvalue weighted by atomic mass is 10.1. The van der Waals surface area contributed by atoms with Crippen molar-refractivity contribution < 1.29 is 19.1 Å². The van der Waals surface area contributed by atoms with E-state index < -0.39 is 0 Å². The van der Waals surface area contributed by atoms with E-state index in [1.54, 1.807) is 18.2 Å². The normalized spacial score (nSPS) is 15.7. The van der Waals surface area contributed by atoms with Gasteiger partial charge in [-0.25, -0.2) is 0 Å². The quantitative estimate of drug-likeness (QED) is 0.585. The number of carbonyl (C=O) groups is 2. The molecule has 2 aromatic carbocycles. The van der Waals surface area contributed by atoms with Crippen molar-refractivity contribution in [2.45, 2.75) is 25.7 Å². The molecule has 2 amide bonds. The van der Waals surface area contributed by atoms with Crippen LogP contribution in [0.15, 0.2) is 42.5 Å². The van der Waals surface area contributed by atoms with Crippen LogP contribution in [0.5, 0.6) is 11.5 Å². The van der Waals surface area contributed by atoms with E-state index in [1.807, 2.05) is 29.2 Å². The molecule has 1 aliphatic heterocycles. The summed E-state index contributed by atoms with van der Waals surface area (Å²) in [7, 11) is 3.05. The van der Waals surface area contributed by atoms with E-state index in [-0.39, 0.29) is 17.7 Å². The zero-order valence-electron chi connectivity index (χ0n) is 18.1. The molecule has 0 saturated carbocycles. The smallest absolute Gasteiger partial charge is 0.257 e. The summed E-state index contributed by atoms with van der Waals surface area (Å²) in [5, 5.41) is 12.2. The van der Waals surface area contributed by atoms with Gasteiger partial charge in [0.25, 0.3) is 5.91 Å². The van der Waals surface area contributed by atoms with Crippen LogP contribution in [-0.2, 0) is 11.2 Å². The monoisotopic (exact) mass is 452 g/mol. The first kappa shape index (κ1) is 21.8. The Morgan fingerprint density at radius 1 is 1.16 bits per heavy atom. The number of anilines is 2. The summed E-state index contributed by atoms with van der Waals surface area (Å²) in [5.41, 5.74) is 2.51. The van der Waals surface area contributed by atoms with Crippen molar-refractivity contribution in [3.63, 3.8) is 0 Å². The molecular weight excluding hydrogens is 428 g/mol. The molecule has 8 nitrogen and oxygen atoms in total. The molecule has 4 rings (SSSR count). The molecule has 0 unspecified atom stereocenters. The molecule has 1 aromatic heterocycles. The van der Waals surface area contributed by atoms with Crippen molar-refractivity contribution in [3.8, 4) is 11.5 Å². The number of hydrogen-bond acceptors (Lipinski definition) is 7. The van der Waals surface area contributed by atoms with Crippen LogP contribution in [0.3, 0.4) is 0 Å². The molecule has 1 saturated heterocycles. The summed E-state index contributed by atoms with van der Waals surface area (Å²) in [6, 6.07) is 12.9. The summed E-state index contributed by atoms with van der Waals surface area (Å²) >= 11 is 1.29. The number of nitrogens with zero attached hydrogens (tertiary/aromatic N) is 3. The Bertz CT molecular complexity index is 1150. The highest BCUT2D eigenvalue weighted by Crippen LogP contribution is 2.36. The molecule has 1 aliphatic rings.